The molecule has 9 heteroatoms. The molecule has 2 heterocycles. The van der Waals surface area contributed by atoms with Gasteiger partial charge in [0.25, 0.3) is 5.91 Å². The van der Waals surface area contributed by atoms with Crippen molar-refractivity contribution in [3.8, 4) is 11.5 Å². The Morgan fingerprint density at radius 1 is 1.03 bits per heavy atom. The molecule has 5 rings (SSSR count). The van der Waals surface area contributed by atoms with Gasteiger partial charge in [0.1, 0.15) is 17.2 Å². The number of imidazole rings is 1. The number of rotatable bonds is 7. The van der Waals surface area contributed by atoms with Gasteiger partial charge in [0, 0.05) is 19.0 Å². The maximum Gasteiger partial charge on any atom is 0.281 e. The summed E-state index contributed by atoms with van der Waals surface area (Å²) in [6, 6.07) is 21.9. The van der Waals surface area contributed by atoms with Crippen LogP contribution in [-0.2, 0) is 9.59 Å². The summed E-state index contributed by atoms with van der Waals surface area (Å²) in [7, 11) is 1.61. The van der Waals surface area contributed by atoms with Gasteiger partial charge in [0.2, 0.25) is 5.91 Å². The maximum atomic E-state index is 13.3. The Morgan fingerprint density at radius 2 is 1.75 bits per heavy atom. The Kier molecular flexibility index (Phi) is 6.36. The number of nitrogens with one attached hydrogen (secondary N) is 2. The second kappa shape index (κ2) is 9.91. The molecule has 1 aliphatic rings. The molecule has 0 radical (unpaired) electrons. The van der Waals surface area contributed by atoms with Crippen molar-refractivity contribution in [3.05, 3.63) is 84.2 Å². The largest absolute Gasteiger partial charge is 0.497 e. The normalized spacial score (nSPS) is 15.0. The summed E-state index contributed by atoms with van der Waals surface area (Å²) in [5.41, 5.74) is 4.03. The van der Waals surface area contributed by atoms with Crippen molar-refractivity contribution < 1.29 is 19.1 Å². The van der Waals surface area contributed by atoms with Crippen molar-refractivity contribution in [2.24, 2.45) is 5.10 Å². The van der Waals surface area contributed by atoms with E-state index in [-0.39, 0.29) is 24.5 Å². The second-order valence-electron chi connectivity index (χ2n) is 8.37. The molecule has 0 aliphatic carbocycles. The summed E-state index contributed by atoms with van der Waals surface area (Å²) in [6.45, 7) is 1.25. The number of methoxy groups -OCH3 is 1. The summed E-state index contributed by atoms with van der Waals surface area (Å²) in [5, 5.41) is 8.83. The summed E-state index contributed by atoms with van der Waals surface area (Å²) >= 11 is 0. The molecule has 4 aromatic rings. The first-order chi connectivity index (χ1) is 17.5. The van der Waals surface area contributed by atoms with E-state index in [9.17, 15) is 9.59 Å². The predicted octanol–water partition coefficient (Wildman–Crippen LogP) is 4.29. The lowest BCUT2D eigenvalue weighted by atomic mass is 10.0. The van der Waals surface area contributed by atoms with E-state index in [0.717, 1.165) is 22.3 Å². The lowest BCUT2D eigenvalue weighted by Crippen LogP contribution is -2.31. The minimum Gasteiger partial charge on any atom is -0.497 e. The van der Waals surface area contributed by atoms with Crippen molar-refractivity contribution in [2.45, 2.75) is 19.4 Å². The molecule has 0 saturated heterocycles. The van der Waals surface area contributed by atoms with E-state index in [0.29, 0.717) is 29.4 Å². The number of ether oxygens (including phenoxy) is 2. The monoisotopic (exact) mass is 483 g/mol. The number of hydrazone groups is 1. The van der Waals surface area contributed by atoms with Crippen molar-refractivity contribution in [1.82, 2.24) is 15.0 Å². The smallest absolute Gasteiger partial charge is 0.281 e. The van der Waals surface area contributed by atoms with Gasteiger partial charge in [-0.1, -0.05) is 24.3 Å². The van der Waals surface area contributed by atoms with Gasteiger partial charge in [-0.25, -0.2) is 9.99 Å². The highest BCUT2D eigenvalue weighted by Crippen LogP contribution is 2.33. The van der Waals surface area contributed by atoms with E-state index in [1.165, 1.54) is 11.9 Å². The average Bonchev–Trinajstić information content (AvgIpc) is 3.53. The zero-order chi connectivity index (χ0) is 25.1. The van der Waals surface area contributed by atoms with Crippen LogP contribution in [0.25, 0.3) is 11.0 Å². The van der Waals surface area contributed by atoms with E-state index in [1.54, 1.807) is 31.4 Å². The van der Waals surface area contributed by atoms with Gasteiger partial charge >= 0.3 is 0 Å². The SMILES string of the molecule is COc1ccc(C2CC(c3nc4ccccc4[nH]3)=NN2C(=O)COc2ccc(NC(C)=O)cc2)cc1. The highest BCUT2D eigenvalue weighted by Gasteiger charge is 2.34. The Labute approximate surface area is 207 Å². The van der Waals surface area contributed by atoms with E-state index in [1.807, 2.05) is 48.5 Å². The molecule has 3 aromatic carbocycles. The molecule has 0 spiro atoms. The van der Waals surface area contributed by atoms with Crippen LogP contribution in [0.5, 0.6) is 11.5 Å². The van der Waals surface area contributed by atoms with E-state index in [4.69, 9.17) is 9.47 Å². The van der Waals surface area contributed by atoms with Crippen LogP contribution in [-0.4, -0.2) is 46.2 Å². The lowest BCUT2D eigenvalue weighted by molar-refractivity contribution is -0.135. The number of hydrogen-bond acceptors (Lipinski definition) is 6. The molecule has 182 valence electrons. The first-order valence-corrected chi connectivity index (χ1v) is 11.5. The van der Waals surface area contributed by atoms with Crippen LogP contribution in [0.1, 0.15) is 30.8 Å². The van der Waals surface area contributed by atoms with Crippen LogP contribution >= 0.6 is 0 Å². The molecule has 1 aliphatic heterocycles. The average molecular weight is 484 g/mol. The lowest BCUT2D eigenvalue weighted by Gasteiger charge is -2.22. The van der Waals surface area contributed by atoms with Crippen molar-refractivity contribution >= 4 is 34.2 Å². The van der Waals surface area contributed by atoms with E-state index >= 15 is 0 Å². The molecule has 2 N–H and O–H groups in total. The van der Waals surface area contributed by atoms with Crippen LogP contribution in [0, 0.1) is 0 Å². The summed E-state index contributed by atoms with van der Waals surface area (Å²) in [5.74, 6) is 1.45. The molecule has 36 heavy (non-hydrogen) atoms. The summed E-state index contributed by atoms with van der Waals surface area (Å²) in [6.07, 6.45) is 0.503. The molecule has 1 unspecified atom stereocenters. The zero-order valence-electron chi connectivity index (χ0n) is 19.9. The van der Waals surface area contributed by atoms with Gasteiger partial charge in [-0.2, -0.15) is 5.10 Å². The second-order valence-corrected chi connectivity index (χ2v) is 8.37. The Morgan fingerprint density at radius 3 is 2.44 bits per heavy atom. The number of amides is 2. The Hall–Kier alpha value is -4.66. The molecule has 2 amide bonds. The Bertz CT molecular complexity index is 1390. The first-order valence-electron chi connectivity index (χ1n) is 11.5. The standard InChI is InChI=1S/C27H25N5O4/c1-17(33)28-19-9-13-21(14-10-19)36-16-26(34)32-25(18-7-11-20(35-2)12-8-18)15-24(31-32)27-29-22-5-3-4-6-23(22)30-27/h3-14,25H,15-16H2,1-2H3,(H,28,33)(H,29,30). The fourth-order valence-electron chi connectivity index (χ4n) is 4.11. The molecule has 1 atom stereocenters. The number of carbonyl (C=O) groups is 2. The quantitative estimate of drug-likeness (QED) is 0.408. The minimum atomic E-state index is -0.308. The number of carbonyl (C=O) groups excluding carboxylic acids is 2. The summed E-state index contributed by atoms with van der Waals surface area (Å²) in [4.78, 5) is 32.4. The molecule has 1 aromatic heterocycles. The fourth-order valence-corrected chi connectivity index (χ4v) is 4.11. The number of H-pyrrole nitrogens is 1. The third-order valence-corrected chi connectivity index (χ3v) is 5.87. The van der Waals surface area contributed by atoms with Gasteiger partial charge in [-0.3, -0.25) is 9.59 Å². The topological polar surface area (TPSA) is 109 Å². The van der Waals surface area contributed by atoms with Crippen molar-refractivity contribution in [2.75, 3.05) is 19.0 Å². The fraction of sp³-hybridized carbons (Fsp3) is 0.185. The third-order valence-electron chi connectivity index (χ3n) is 5.87. The van der Waals surface area contributed by atoms with E-state index < -0.39 is 0 Å². The molecule has 0 saturated carbocycles. The van der Waals surface area contributed by atoms with Gasteiger partial charge in [-0.05, 0) is 54.1 Å². The minimum absolute atomic E-state index is 0.157. The van der Waals surface area contributed by atoms with Crippen LogP contribution in [0.2, 0.25) is 0 Å². The maximum absolute atomic E-state index is 13.3. The number of aromatic amines is 1. The van der Waals surface area contributed by atoms with Crippen LogP contribution in [0.4, 0.5) is 5.69 Å². The Balaban J connectivity index is 1.37. The van der Waals surface area contributed by atoms with Crippen molar-refractivity contribution in [1.29, 1.82) is 0 Å². The number of nitrogens with zero attached hydrogens (tertiary/aromatic N) is 3. The first kappa shape index (κ1) is 23.1. The van der Waals surface area contributed by atoms with Gasteiger partial charge in [0.05, 0.1) is 24.2 Å². The highest BCUT2D eigenvalue weighted by molar-refractivity contribution is 6.02. The molecular weight excluding hydrogens is 458 g/mol. The van der Waals surface area contributed by atoms with E-state index in [2.05, 4.69) is 20.4 Å². The zero-order valence-corrected chi connectivity index (χ0v) is 19.9. The highest BCUT2D eigenvalue weighted by atomic mass is 16.5. The number of aromatic nitrogens is 2. The van der Waals surface area contributed by atoms with Crippen molar-refractivity contribution in [3.63, 3.8) is 0 Å². The summed E-state index contributed by atoms with van der Waals surface area (Å²) < 4.78 is 11.0. The number of para-hydroxylation sites is 2. The van der Waals surface area contributed by atoms with Crippen LogP contribution in [0.3, 0.4) is 0 Å². The number of anilines is 1. The third kappa shape index (κ3) is 4.90. The molecule has 0 fully saturated rings. The predicted molar refractivity (Wildman–Crippen MR) is 136 cm³/mol. The molecule has 9 nitrogen and oxygen atoms in total. The molecule has 0 bridgehead atoms. The van der Waals surface area contributed by atoms with Gasteiger partial charge in [0.15, 0.2) is 12.4 Å². The van der Waals surface area contributed by atoms with Crippen LogP contribution in [0.15, 0.2) is 77.9 Å². The van der Waals surface area contributed by atoms with Crippen LogP contribution < -0.4 is 14.8 Å². The molecular formula is C27H25N5O4. The van der Waals surface area contributed by atoms with Gasteiger partial charge in [-0.15, -0.1) is 0 Å². The van der Waals surface area contributed by atoms with Gasteiger partial charge < -0.3 is 19.8 Å². The number of hydrogen-bond donors (Lipinski definition) is 2. The number of benzene rings is 3. The number of fused-ring (bicyclic) bond motifs is 1.